The van der Waals surface area contributed by atoms with Crippen molar-refractivity contribution in [1.29, 1.82) is 0 Å². The van der Waals surface area contributed by atoms with Crippen molar-refractivity contribution in [2.24, 2.45) is 5.10 Å². The molecular weight excluding hydrogens is 406 g/mol. The summed E-state index contributed by atoms with van der Waals surface area (Å²) in [5.74, 6) is -0.357. The van der Waals surface area contributed by atoms with Gasteiger partial charge in [-0.1, -0.05) is 29.0 Å². The van der Waals surface area contributed by atoms with Crippen LogP contribution in [0.5, 0.6) is 11.5 Å². The molecule has 0 saturated carbocycles. The van der Waals surface area contributed by atoms with E-state index in [1.54, 1.807) is 30.3 Å². The second-order valence-corrected chi connectivity index (χ2v) is 7.29. The van der Waals surface area contributed by atoms with Gasteiger partial charge in [-0.2, -0.15) is 5.10 Å². The molecular formula is C20H19N5O4S. The normalized spacial score (nSPS) is 10.7. The minimum absolute atomic E-state index is 0.0141. The zero-order valence-corrected chi connectivity index (χ0v) is 17.1. The molecule has 0 radical (unpaired) electrons. The van der Waals surface area contributed by atoms with E-state index >= 15 is 0 Å². The molecule has 0 fully saturated rings. The minimum Gasteiger partial charge on any atom is -0.504 e. The highest BCUT2D eigenvalue weighted by Crippen LogP contribution is 2.25. The number of phenolic OH excluding ortho intramolecular Hbond substituents is 1. The number of hydrogen-bond acceptors (Lipinski definition) is 8. The number of phenols is 1. The van der Waals surface area contributed by atoms with Gasteiger partial charge in [0.25, 0.3) is 5.91 Å². The average Bonchev–Trinajstić information content (AvgIpc) is 3.15. The van der Waals surface area contributed by atoms with Gasteiger partial charge in [-0.15, -0.1) is 10.2 Å². The summed E-state index contributed by atoms with van der Waals surface area (Å²) in [6, 6.07) is 11.9. The fraction of sp³-hybridized carbons (Fsp3) is 0.150. The maximum absolute atomic E-state index is 12.2. The van der Waals surface area contributed by atoms with Gasteiger partial charge in [0, 0.05) is 5.56 Å². The van der Waals surface area contributed by atoms with Crippen LogP contribution in [0.3, 0.4) is 0 Å². The summed E-state index contributed by atoms with van der Waals surface area (Å²) in [7, 11) is 1.44. The van der Waals surface area contributed by atoms with Gasteiger partial charge in [-0.05, 0) is 42.8 Å². The Bertz CT molecular complexity index is 1100. The van der Waals surface area contributed by atoms with Gasteiger partial charge in [0.15, 0.2) is 11.5 Å². The minimum atomic E-state index is -0.385. The van der Waals surface area contributed by atoms with Crippen molar-refractivity contribution in [3.8, 4) is 11.5 Å². The summed E-state index contributed by atoms with van der Waals surface area (Å²) in [6.07, 6.45) is 1.39. The Balaban J connectivity index is 1.53. The number of aryl methyl sites for hydroxylation is 1. The Labute approximate surface area is 176 Å². The Morgan fingerprint density at radius 1 is 1.23 bits per heavy atom. The molecule has 0 unspecified atom stereocenters. The first-order valence-electron chi connectivity index (χ1n) is 8.84. The van der Waals surface area contributed by atoms with Crippen LogP contribution in [0.2, 0.25) is 0 Å². The van der Waals surface area contributed by atoms with Crippen molar-refractivity contribution < 1.29 is 19.4 Å². The van der Waals surface area contributed by atoms with E-state index in [1.165, 1.54) is 19.4 Å². The maximum atomic E-state index is 12.2. The van der Waals surface area contributed by atoms with Crippen LogP contribution in [0, 0.1) is 6.92 Å². The predicted molar refractivity (Wildman–Crippen MR) is 113 cm³/mol. The molecule has 0 atom stereocenters. The first kappa shape index (κ1) is 20.9. The van der Waals surface area contributed by atoms with Crippen LogP contribution in [0.4, 0.5) is 5.13 Å². The lowest BCUT2D eigenvalue weighted by atomic mass is 10.1. The molecule has 0 saturated heterocycles. The number of nitrogens with zero attached hydrogens (tertiary/aromatic N) is 3. The highest BCUT2D eigenvalue weighted by molar-refractivity contribution is 7.15. The molecule has 3 rings (SSSR count). The Morgan fingerprint density at radius 3 is 2.83 bits per heavy atom. The number of hydrazone groups is 1. The van der Waals surface area contributed by atoms with Crippen LogP contribution < -0.4 is 15.5 Å². The quantitative estimate of drug-likeness (QED) is 0.394. The summed E-state index contributed by atoms with van der Waals surface area (Å²) in [4.78, 5) is 24.3. The first-order chi connectivity index (χ1) is 14.4. The van der Waals surface area contributed by atoms with Crippen LogP contribution in [0.15, 0.2) is 47.6 Å². The van der Waals surface area contributed by atoms with Crippen molar-refractivity contribution >= 4 is 34.5 Å². The molecule has 0 bridgehead atoms. The SMILES string of the molecule is COc1cc(/C=N/NC(=O)Cc2nnc(NC(=O)c3cccc(C)c3)s2)ccc1O. The molecule has 0 spiro atoms. The van der Waals surface area contributed by atoms with Gasteiger partial charge in [0.1, 0.15) is 5.01 Å². The third-order valence-corrected chi connectivity index (χ3v) is 4.72. The number of amides is 2. The lowest BCUT2D eigenvalue weighted by Crippen LogP contribution is -2.19. The lowest BCUT2D eigenvalue weighted by Gasteiger charge is -2.03. The number of aromatic hydroxyl groups is 1. The Hall–Kier alpha value is -3.79. The average molecular weight is 425 g/mol. The molecule has 9 nitrogen and oxygen atoms in total. The van der Waals surface area contributed by atoms with E-state index in [2.05, 4.69) is 26.0 Å². The molecule has 30 heavy (non-hydrogen) atoms. The van der Waals surface area contributed by atoms with Gasteiger partial charge in [-0.25, -0.2) is 5.43 Å². The molecule has 10 heteroatoms. The predicted octanol–water partition coefficient (Wildman–Crippen LogP) is 2.51. The van der Waals surface area contributed by atoms with Crippen LogP contribution in [-0.2, 0) is 11.2 Å². The fourth-order valence-electron chi connectivity index (χ4n) is 2.46. The number of nitrogens with one attached hydrogen (secondary N) is 2. The van der Waals surface area contributed by atoms with Gasteiger partial charge >= 0.3 is 0 Å². The summed E-state index contributed by atoms with van der Waals surface area (Å²) in [5.41, 5.74) is 4.53. The lowest BCUT2D eigenvalue weighted by molar-refractivity contribution is -0.120. The smallest absolute Gasteiger partial charge is 0.257 e. The number of benzene rings is 2. The maximum Gasteiger partial charge on any atom is 0.257 e. The first-order valence-corrected chi connectivity index (χ1v) is 9.65. The third-order valence-electron chi connectivity index (χ3n) is 3.89. The number of carbonyl (C=O) groups is 2. The van der Waals surface area contributed by atoms with E-state index < -0.39 is 0 Å². The summed E-state index contributed by atoms with van der Waals surface area (Å²) in [5, 5.41) is 24.7. The number of anilines is 1. The van der Waals surface area contributed by atoms with E-state index in [1.807, 2.05) is 13.0 Å². The molecule has 0 aliphatic heterocycles. The summed E-state index contributed by atoms with van der Waals surface area (Å²) in [6.45, 7) is 1.90. The van der Waals surface area contributed by atoms with Gasteiger partial charge in [0.2, 0.25) is 11.0 Å². The monoisotopic (exact) mass is 425 g/mol. The van der Waals surface area contributed by atoms with Crippen LogP contribution >= 0.6 is 11.3 Å². The van der Waals surface area contributed by atoms with Crippen molar-refractivity contribution in [2.75, 3.05) is 12.4 Å². The summed E-state index contributed by atoms with van der Waals surface area (Å²) < 4.78 is 5.01. The van der Waals surface area contributed by atoms with E-state index in [9.17, 15) is 14.7 Å². The van der Waals surface area contributed by atoms with Crippen molar-refractivity contribution in [3.63, 3.8) is 0 Å². The van der Waals surface area contributed by atoms with Crippen molar-refractivity contribution in [1.82, 2.24) is 15.6 Å². The standard InChI is InChI=1S/C20H19N5O4S/c1-12-4-3-5-14(8-12)19(28)22-20-25-24-18(30-20)10-17(27)23-21-11-13-6-7-15(26)16(9-13)29-2/h3-9,11,26H,10H2,1-2H3,(H,23,27)(H,22,25,28)/b21-11+. The molecule has 0 aliphatic carbocycles. The zero-order chi connectivity index (χ0) is 21.5. The van der Waals surface area contributed by atoms with E-state index in [0.29, 0.717) is 27.0 Å². The Morgan fingerprint density at radius 2 is 2.07 bits per heavy atom. The highest BCUT2D eigenvalue weighted by atomic mass is 32.1. The number of aromatic nitrogens is 2. The number of rotatable bonds is 7. The Kier molecular flexibility index (Phi) is 6.71. The van der Waals surface area contributed by atoms with E-state index in [0.717, 1.165) is 16.9 Å². The largest absolute Gasteiger partial charge is 0.504 e. The molecule has 0 aliphatic rings. The second kappa shape index (κ2) is 9.61. The second-order valence-electron chi connectivity index (χ2n) is 6.23. The number of carbonyl (C=O) groups excluding carboxylic acids is 2. The molecule has 1 aromatic heterocycles. The number of hydrogen-bond donors (Lipinski definition) is 3. The topological polar surface area (TPSA) is 126 Å². The molecule has 2 amide bonds. The molecule has 1 heterocycles. The van der Waals surface area contributed by atoms with Crippen molar-refractivity contribution in [3.05, 3.63) is 64.2 Å². The molecule has 3 aromatic rings. The molecule has 154 valence electrons. The van der Waals surface area contributed by atoms with Crippen molar-refractivity contribution in [2.45, 2.75) is 13.3 Å². The molecule has 2 aromatic carbocycles. The van der Waals surface area contributed by atoms with Gasteiger partial charge in [-0.3, -0.25) is 14.9 Å². The third kappa shape index (κ3) is 5.61. The summed E-state index contributed by atoms with van der Waals surface area (Å²) >= 11 is 1.11. The van der Waals surface area contributed by atoms with Gasteiger partial charge in [0.05, 0.1) is 19.7 Å². The number of methoxy groups -OCH3 is 1. The van der Waals surface area contributed by atoms with Gasteiger partial charge < -0.3 is 9.84 Å². The van der Waals surface area contributed by atoms with Crippen LogP contribution in [-0.4, -0.2) is 40.4 Å². The van der Waals surface area contributed by atoms with E-state index in [4.69, 9.17) is 4.74 Å². The number of ether oxygens (including phenoxy) is 1. The van der Waals surface area contributed by atoms with Crippen LogP contribution in [0.25, 0.3) is 0 Å². The zero-order valence-electron chi connectivity index (χ0n) is 16.2. The van der Waals surface area contributed by atoms with E-state index in [-0.39, 0.29) is 24.0 Å². The highest BCUT2D eigenvalue weighted by Gasteiger charge is 2.12. The molecule has 3 N–H and O–H groups in total. The fourth-order valence-corrected chi connectivity index (χ4v) is 3.19. The van der Waals surface area contributed by atoms with Crippen LogP contribution in [0.1, 0.15) is 26.5 Å².